The molecule has 3 aromatic rings. The summed E-state index contributed by atoms with van der Waals surface area (Å²) < 4.78 is 18.8. The van der Waals surface area contributed by atoms with Crippen LogP contribution in [0.15, 0.2) is 71.3 Å². The highest BCUT2D eigenvalue weighted by Crippen LogP contribution is 2.17. The first-order valence-corrected chi connectivity index (χ1v) is 8.05. The SMILES string of the molecule is CC(NC(=O)c1ccc(NC(=O)c2ccco2)cc1)c1ccccc1F. The normalized spacial score (nSPS) is 11.6. The van der Waals surface area contributed by atoms with Crippen LogP contribution < -0.4 is 10.6 Å². The van der Waals surface area contributed by atoms with Gasteiger partial charge in [-0.2, -0.15) is 0 Å². The first-order valence-electron chi connectivity index (χ1n) is 8.05. The molecule has 2 N–H and O–H groups in total. The molecule has 2 amide bonds. The number of anilines is 1. The van der Waals surface area contributed by atoms with Crippen molar-refractivity contribution >= 4 is 17.5 Å². The number of rotatable bonds is 5. The second-order valence-electron chi connectivity index (χ2n) is 5.73. The number of halogens is 1. The van der Waals surface area contributed by atoms with Crippen molar-refractivity contribution in [2.45, 2.75) is 13.0 Å². The van der Waals surface area contributed by atoms with Gasteiger partial charge < -0.3 is 15.1 Å². The minimum atomic E-state index is -0.470. The first-order chi connectivity index (χ1) is 12.5. The van der Waals surface area contributed by atoms with Crippen molar-refractivity contribution in [3.8, 4) is 0 Å². The number of nitrogens with one attached hydrogen (secondary N) is 2. The van der Waals surface area contributed by atoms with E-state index in [1.165, 1.54) is 12.3 Å². The Labute approximate surface area is 149 Å². The van der Waals surface area contributed by atoms with Crippen molar-refractivity contribution in [1.82, 2.24) is 5.32 Å². The Morgan fingerprint density at radius 1 is 0.962 bits per heavy atom. The van der Waals surface area contributed by atoms with E-state index in [2.05, 4.69) is 10.6 Å². The highest BCUT2D eigenvalue weighted by molar-refractivity contribution is 6.02. The van der Waals surface area contributed by atoms with Crippen molar-refractivity contribution in [2.24, 2.45) is 0 Å². The maximum atomic E-state index is 13.8. The molecule has 1 heterocycles. The summed E-state index contributed by atoms with van der Waals surface area (Å²) in [6.07, 6.45) is 1.42. The van der Waals surface area contributed by atoms with Gasteiger partial charge in [0, 0.05) is 16.8 Å². The smallest absolute Gasteiger partial charge is 0.291 e. The third-order valence-electron chi connectivity index (χ3n) is 3.87. The largest absolute Gasteiger partial charge is 0.459 e. The van der Waals surface area contributed by atoms with E-state index in [-0.39, 0.29) is 23.4 Å². The minimum Gasteiger partial charge on any atom is -0.459 e. The highest BCUT2D eigenvalue weighted by Gasteiger charge is 2.15. The summed E-state index contributed by atoms with van der Waals surface area (Å²) in [5, 5.41) is 5.43. The van der Waals surface area contributed by atoms with E-state index in [4.69, 9.17) is 4.42 Å². The van der Waals surface area contributed by atoms with Crippen LogP contribution in [0.25, 0.3) is 0 Å². The zero-order valence-corrected chi connectivity index (χ0v) is 14.0. The van der Waals surface area contributed by atoms with Crippen LogP contribution in [0.2, 0.25) is 0 Å². The van der Waals surface area contributed by atoms with Gasteiger partial charge in [0.1, 0.15) is 5.82 Å². The van der Waals surface area contributed by atoms with Crippen LogP contribution in [0.4, 0.5) is 10.1 Å². The van der Waals surface area contributed by atoms with E-state index in [0.29, 0.717) is 16.8 Å². The van der Waals surface area contributed by atoms with Gasteiger partial charge in [-0.25, -0.2) is 4.39 Å². The molecular formula is C20H17FN2O3. The maximum Gasteiger partial charge on any atom is 0.291 e. The molecule has 0 radical (unpaired) electrons. The molecule has 1 atom stereocenters. The Morgan fingerprint density at radius 2 is 1.69 bits per heavy atom. The Kier molecular flexibility index (Phi) is 5.12. The molecule has 3 rings (SSSR count). The second-order valence-corrected chi connectivity index (χ2v) is 5.73. The van der Waals surface area contributed by atoms with Gasteiger partial charge in [-0.05, 0) is 49.4 Å². The van der Waals surface area contributed by atoms with Gasteiger partial charge in [0.2, 0.25) is 0 Å². The molecular weight excluding hydrogens is 335 g/mol. The van der Waals surface area contributed by atoms with E-state index in [1.54, 1.807) is 61.5 Å². The lowest BCUT2D eigenvalue weighted by Gasteiger charge is -2.15. The number of amides is 2. The molecule has 26 heavy (non-hydrogen) atoms. The maximum absolute atomic E-state index is 13.8. The Hall–Kier alpha value is -3.41. The van der Waals surface area contributed by atoms with Crippen LogP contribution >= 0.6 is 0 Å². The van der Waals surface area contributed by atoms with Gasteiger partial charge in [-0.15, -0.1) is 0 Å². The fourth-order valence-corrected chi connectivity index (χ4v) is 2.49. The van der Waals surface area contributed by atoms with Crippen molar-refractivity contribution < 1.29 is 18.4 Å². The molecule has 0 bridgehead atoms. The summed E-state index contributed by atoms with van der Waals surface area (Å²) in [7, 11) is 0. The number of benzene rings is 2. The summed E-state index contributed by atoms with van der Waals surface area (Å²) >= 11 is 0. The third-order valence-corrected chi connectivity index (χ3v) is 3.87. The van der Waals surface area contributed by atoms with Crippen LogP contribution in [0.3, 0.4) is 0 Å². The van der Waals surface area contributed by atoms with E-state index in [0.717, 1.165) is 0 Å². The Morgan fingerprint density at radius 3 is 2.35 bits per heavy atom. The average molecular weight is 352 g/mol. The lowest BCUT2D eigenvalue weighted by Crippen LogP contribution is -2.27. The van der Waals surface area contributed by atoms with Crippen molar-refractivity contribution in [3.05, 3.63) is 89.6 Å². The molecule has 132 valence electrons. The van der Waals surface area contributed by atoms with E-state index < -0.39 is 6.04 Å². The standard InChI is InChI=1S/C20H17FN2O3/c1-13(16-5-2-3-6-17(16)21)22-19(24)14-8-10-15(11-9-14)23-20(25)18-7-4-12-26-18/h2-13H,1H3,(H,22,24)(H,23,25). The Bertz CT molecular complexity index is 905. The molecule has 1 aromatic heterocycles. The van der Waals surface area contributed by atoms with Crippen LogP contribution in [0, 0.1) is 5.82 Å². The molecule has 5 nitrogen and oxygen atoms in total. The zero-order valence-electron chi connectivity index (χ0n) is 14.0. The van der Waals surface area contributed by atoms with E-state index in [1.807, 2.05) is 0 Å². The van der Waals surface area contributed by atoms with Crippen LogP contribution in [0.5, 0.6) is 0 Å². The molecule has 0 saturated carbocycles. The monoisotopic (exact) mass is 352 g/mol. The predicted molar refractivity (Wildman–Crippen MR) is 95.4 cm³/mol. The van der Waals surface area contributed by atoms with E-state index in [9.17, 15) is 14.0 Å². The number of hydrogen-bond donors (Lipinski definition) is 2. The second kappa shape index (κ2) is 7.65. The van der Waals surface area contributed by atoms with Crippen molar-refractivity contribution in [2.75, 3.05) is 5.32 Å². The molecule has 0 aliphatic rings. The number of carbonyl (C=O) groups is 2. The molecule has 0 fully saturated rings. The van der Waals surface area contributed by atoms with Gasteiger partial charge in [0.05, 0.1) is 12.3 Å². The quantitative estimate of drug-likeness (QED) is 0.724. The predicted octanol–water partition coefficient (Wildman–Crippen LogP) is 4.16. The van der Waals surface area contributed by atoms with Crippen molar-refractivity contribution in [1.29, 1.82) is 0 Å². The molecule has 0 aliphatic carbocycles. The molecule has 2 aromatic carbocycles. The van der Waals surface area contributed by atoms with Gasteiger partial charge in [0.25, 0.3) is 11.8 Å². The van der Waals surface area contributed by atoms with Crippen LogP contribution in [0.1, 0.15) is 39.4 Å². The lowest BCUT2D eigenvalue weighted by molar-refractivity contribution is 0.0938. The fourth-order valence-electron chi connectivity index (χ4n) is 2.49. The van der Waals surface area contributed by atoms with E-state index >= 15 is 0 Å². The van der Waals surface area contributed by atoms with Gasteiger partial charge >= 0.3 is 0 Å². The summed E-state index contributed by atoms with van der Waals surface area (Å²) in [6, 6.07) is 15.4. The summed E-state index contributed by atoms with van der Waals surface area (Å²) in [5.74, 6) is -0.869. The van der Waals surface area contributed by atoms with Gasteiger partial charge in [0.15, 0.2) is 5.76 Å². The summed E-state index contributed by atoms with van der Waals surface area (Å²) in [5.41, 5.74) is 1.36. The number of hydrogen-bond acceptors (Lipinski definition) is 3. The molecule has 1 unspecified atom stereocenters. The van der Waals surface area contributed by atoms with Crippen LogP contribution in [-0.4, -0.2) is 11.8 Å². The lowest BCUT2D eigenvalue weighted by atomic mass is 10.1. The van der Waals surface area contributed by atoms with Gasteiger partial charge in [-0.1, -0.05) is 18.2 Å². The van der Waals surface area contributed by atoms with Gasteiger partial charge in [-0.3, -0.25) is 9.59 Å². The topological polar surface area (TPSA) is 71.3 Å². The van der Waals surface area contributed by atoms with Crippen molar-refractivity contribution in [3.63, 3.8) is 0 Å². The minimum absolute atomic E-state index is 0.200. The first kappa shape index (κ1) is 17.4. The average Bonchev–Trinajstić information content (AvgIpc) is 3.17. The fraction of sp³-hybridized carbons (Fsp3) is 0.100. The molecule has 0 aliphatic heterocycles. The third kappa shape index (κ3) is 3.97. The summed E-state index contributed by atoms with van der Waals surface area (Å²) in [4.78, 5) is 24.2. The number of carbonyl (C=O) groups excluding carboxylic acids is 2. The highest BCUT2D eigenvalue weighted by atomic mass is 19.1. The zero-order chi connectivity index (χ0) is 18.5. The molecule has 0 spiro atoms. The summed E-state index contributed by atoms with van der Waals surface area (Å²) in [6.45, 7) is 1.72. The Balaban J connectivity index is 1.63. The molecule has 6 heteroatoms. The number of furan rings is 1. The van der Waals surface area contributed by atoms with Crippen LogP contribution in [-0.2, 0) is 0 Å². The molecule has 0 saturated heterocycles.